The van der Waals surface area contributed by atoms with Gasteiger partial charge in [-0.2, -0.15) is 0 Å². The predicted octanol–water partition coefficient (Wildman–Crippen LogP) is 2.19. The SMILES string of the molecule is Cc1ccccc1OC(=O)c1cccc(N)n1. The van der Waals surface area contributed by atoms with E-state index < -0.39 is 5.97 Å². The van der Waals surface area contributed by atoms with Crippen LogP contribution in [-0.2, 0) is 0 Å². The number of hydrogen-bond donors (Lipinski definition) is 1. The maximum absolute atomic E-state index is 11.8. The van der Waals surface area contributed by atoms with E-state index in [1.54, 1.807) is 24.3 Å². The smallest absolute Gasteiger partial charge is 0.362 e. The van der Waals surface area contributed by atoms with E-state index in [4.69, 9.17) is 10.5 Å². The third-order valence-electron chi connectivity index (χ3n) is 2.28. The molecule has 86 valence electrons. The first-order valence-corrected chi connectivity index (χ1v) is 5.17. The molecule has 1 heterocycles. The third-order valence-corrected chi connectivity index (χ3v) is 2.28. The molecule has 0 aliphatic rings. The van der Waals surface area contributed by atoms with E-state index >= 15 is 0 Å². The van der Waals surface area contributed by atoms with E-state index in [0.29, 0.717) is 11.6 Å². The fourth-order valence-electron chi connectivity index (χ4n) is 1.39. The first-order chi connectivity index (χ1) is 8.16. The molecule has 0 amide bonds. The van der Waals surface area contributed by atoms with Gasteiger partial charge in [0.2, 0.25) is 0 Å². The predicted molar refractivity (Wildman–Crippen MR) is 64.8 cm³/mol. The number of nitrogens with zero attached hydrogens (tertiary/aromatic N) is 1. The molecule has 1 aromatic carbocycles. The number of rotatable bonds is 2. The zero-order valence-electron chi connectivity index (χ0n) is 9.38. The van der Waals surface area contributed by atoms with E-state index in [9.17, 15) is 4.79 Å². The lowest BCUT2D eigenvalue weighted by Crippen LogP contribution is -2.11. The maximum atomic E-state index is 11.8. The minimum Gasteiger partial charge on any atom is -0.422 e. The molecule has 0 saturated carbocycles. The minimum atomic E-state index is -0.508. The van der Waals surface area contributed by atoms with Crippen LogP contribution in [0.15, 0.2) is 42.5 Å². The molecule has 0 aliphatic heterocycles. The molecule has 0 atom stereocenters. The maximum Gasteiger partial charge on any atom is 0.362 e. The lowest BCUT2D eigenvalue weighted by atomic mass is 10.2. The molecule has 0 spiro atoms. The first kappa shape index (κ1) is 11.1. The van der Waals surface area contributed by atoms with Gasteiger partial charge in [0.15, 0.2) is 5.69 Å². The van der Waals surface area contributed by atoms with Crippen molar-refractivity contribution in [2.45, 2.75) is 6.92 Å². The average molecular weight is 228 g/mol. The van der Waals surface area contributed by atoms with E-state index in [-0.39, 0.29) is 5.69 Å². The van der Waals surface area contributed by atoms with Crippen molar-refractivity contribution in [1.82, 2.24) is 4.98 Å². The summed E-state index contributed by atoms with van der Waals surface area (Å²) in [5, 5.41) is 0. The highest BCUT2D eigenvalue weighted by molar-refractivity contribution is 5.89. The summed E-state index contributed by atoms with van der Waals surface area (Å²) in [6.07, 6.45) is 0. The summed E-state index contributed by atoms with van der Waals surface area (Å²) in [5.41, 5.74) is 6.60. The number of benzene rings is 1. The standard InChI is InChI=1S/C13H12N2O2/c1-9-5-2-3-7-11(9)17-13(16)10-6-4-8-12(14)15-10/h2-8H,1H3,(H2,14,15). The van der Waals surface area contributed by atoms with Gasteiger partial charge in [-0.15, -0.1) is 0 Å². The van der Waals surface area contributed by atoms with Crippen molar-refractivity contribution in [3.05, 3.63) is 53.7 Å². The lowest BCUT2D eigenvalue weighted by Gasteiger charge is -2.06. The number of para-hydroxylation sites is 1. The Labute approximate surface area is 99.1 Å². The minimum absolute atomic E-state index is 0.202. The number of hydrogen-bond acceptors (Lipinski definition) is 4. The zero-order valence-corrected chi connectivity index (χ0v) is 9.38. The van der Waals surface area contributed by atoms with Crippen molar-refractivity contribution in [2.24, 2.45) is 0 Å². The molecule has 0 bridgehead atoms. The molecular formula is C13H12N2O2. The topological polar surface area (TPSA) is 65.2 Å². The number of pyridine rings is 1. The monoisotopic (exact) mass is 228 g/mol. The molecule has 0 unspecified atom stereocenters. The number of carbonyl (C=O) groups is 1. The Morgan fingerprint density at radius 3 is 2.65 bits per heavy atom. The first-order valence-electron chi connectivity index (χ1n) is 5.17. The summed E-state index contributed by atoms with van der Waals surface area (Å²) in [5.74, 6) is 0.317. The summed E-state index contributed by atoms with van der Waals surface area (Å²) >= 11 is 0. The third kappa shape index (κ3) is 2.60. The van der Waals surface area contributed by atoms with Crippen LogP contribution in [-0.4, -0.2) is 11.0 Å². The Morgan fingerprint density at radius 2 is 1.94 bits per heavy atom. The normalized spacial score (nSPS) is 9.94. The Morgan fingerprint density at radius 1 is 1.18 bits per heavy atom. The Kier molecular flexibility index (Phi) is 3.05. The van der Waals surface area contributed by atoms with Gasteiger partial charge in [0.25, 0.3) is 0 Å². The van der Waals surface area contributed by atoms with Gasteiger partial charge in [0, 0.05) is 0 Å². The van der Waals surface area contributed by atoms with Crippen molar-refractivity contribution < 1.29 is 9.53 Å². The van der Waals surface area contributed by atoms with Gasteiger partial charge in [-0.3, -0.25) is 0 Å². The molecule has 1 aromatic heterocycles. The highest BCUT2D eigenvalue weighted by atomic mass is 16.5. The summed E-state index contributed by atoms with van der Waals surface area (Å²) in [6, 6.07) is 12.1. The Balaban J connectivity index is 2.20. The largest absolute Gasteiger partial charge is 0.422 e. The number of carbonyl (C=O) groups excluding carboxylic acids is 1. The molecule has 4 nitrogen and oxygen atoms in total. The van der Waals surface area contributed by atoms with Crippen molar-refractivity contribution in [1.29, 1.82) is 0 Å². The van der Waals surface area contributed by atoms with Crippen LogP contribution in [0, 0.1) is 6.92 Å². The summed E-state index contributed by atoms with van der Waals surface area (Å²) in [6.45, 7) is 1.87. The molecular weight excluding hydrogens is 216 g/mol. The van der Waals surface area contributed by atoms with Gasteiger partial charge in [0.05, 0.1) is 0 Å². The number of nitrogen functional groups attached to an aromatic ring is 1. The van der Waals surface area contributed by atoms with Crippen molar-refractivity contribution in [2.75, 3.05) is 5.73 Å². The van der Waals surface area contributed by atoms with Crippen LogP contribution in [0.4, 0.5) is 5.82 Å². The second kappa shape index (κ2) is 4.65. The van der Waals surface area contributed by atoms with Gasteiger partial charge < -0.3 is 10.5 Å². The van der Waals surface area contributed by atoms with E-state index in [1.165, 1.54) is 0 Å². The highest BCUT2D eigenvalue weighted by Gasteiger charge is 2.11. The molecule has 2 rings (SSSR count). The lowest BCUT2D eigenvalue weighted by molar-refractivity contribution is 0.0727. The number of nitrogens with two attached hydrogens (primary N) is 1. The molecule has 2 aromatic rings. The molecule has 2 N–H and O–H groups in total. The quantitative estimate of drug-likeness (QED) is 0.632. The summed E-state index contributed by atoms with van der Waals surface area (Å²) in [4.78, 5) is 15.7. The molecule has 4 heteroatoms. The van der Waals surface area contributed by atoms with Crippen LogP contribution in [0.25, 0.3) is 0 Å². The second-order valence-electron chi connectivity index (χ2n) is 3.60. The Bertz CT molecular complexity index is 553. The van der Waals surface area contributed by atoms with Gasteiger partial charge in [-0.1, -0.05) is 24.3 Å². The molecule has 0 fully saturated rings. The van der Waals surface area contributed by atoms with Crippen molar-refractivity contribution in [3.63, 3.8) is 0 Å². The second-order valence-corrected chi connectivity index (χ2v) is 3.60. The van der Waals surface area contributed by atoms with Gasteiger partial charge in [0.1, 0.15) is 11.6 Å². The van der Waals surface area contributed by atoms with Crippen LogP contribution in [0.3, 0.4) is 0 Å². The number of ether oxygens (including phenoxy) is 1. The van der Waals surface area contributed by atoms with Crippen LogP contribution in [0.5, 0.6) is 5.75 Å². The van der Waals surface area contributed by atoms with Crippen molar-refractivity contribution >= 4 is 11.8 Å². The summed E-state index contributed by atoms with van der Waals surface area (Å²) in [7, 11) is 0. The summed E-state index contributed by atoms with van der Waals surface area (Å²) < 4.78 is 5.23. The zero-order chi connectivity index (χ0) is 12.3. The molecule has 0 radical (unpaired) electrons. The van der Waals surface area contributed by atoms with Crippen LogP contribution >= 0.6 is 0 Å². The number of anilines is 1. The number of esters is 1. The van der Waals surface area contributed by atoms with Gasteiger partial charge >= 0.3 is 5.97 Å². The van der Waals surface area contributed by atoms with E-state index in [2.05, 4.69) is 4.98 Å². The van der Waals surface area contributed by atoms with Crippen LogP contribution in [0.1, 0.15) is 16.1 Å². The van der Waals surface area contributed by atoms with E-state index in [0.717, 1.165) is 5.56 Å². The highest BCUT2D eigenvalue weighted by Crippen LogP contribution is 2.17. The van der Waals surface area contributed by atoms with Crippen LogP contribution in [0.2, 0.25) is 0 Å². The molecule has 0 aliphatic carbocycles. The fraction of sp³-hybridized carbons (Fsp3) is 0.0769. The Hall–Kier alpha value is -2.36. The fourth-order valence-corrected chi connectivity index (χ4v) is 1.39. The number of aryl methyl sites for hydroxylation is 1. The van der Waals surface area contributed by atoms with Gasteiger partial charge in [-0.05, 0) is 30.7 Å². The van der Waals surface area contributed by atoms with Crippen LogP contribution < -0.4 is 10.5 Å². The average Bonchev–Trinajstić information content (AvgIpc) is 2.32. The van der Waals surface area contributed by atoms with Crippen molar-refractivity contribution in [3.8, 4) is 5.75 Å². The molecule has 17 heavy (non-hydrogen) atoms. The van der Waals surface area contributed by atoms with E-state index in [1.807, 2.05) is 25.1 Å². The number of aromatic nitrogens is 1. The molecule has 0 saturated heterocycles. The van der Waals surface area contributed by atoms with Gasteiger partial charge in [-0.25, -0.2) is 9.78 Å².